The van der Waals surface area contributed by atoms with E-state index in [2.05, 4.69) is 20.6 Å². The molecule has 0 radical (unpaired) electrons. The molecule has 0 saturated heterocycles. The lowest BCUT2D eigenvalue weighted by Gasteiger charge is -2.07. The number of nitrogens with one attached hydrogen (secondary N) is 3. The summed E-state index contributed by atoms with van der Waals surface area (Å²) >= 11 is 14.4. The van der Waals surface area contributed by atoms with Gasteiger partial charge in [0.15, 0.2) is 5.16 Å². The van der Waals surface area contributed by atoms with Gasteiger partial charge in [0.1, 0.15) is 0 Å². The average Bonchev–Trinajstić information content (AvgIpc) is 3.21. The maximum atomic E-state index is 12.1. The molecule has 11 heteroatoms. The topological polar surface area (TPSA) is 104 Å². The molecule has 7 nitrogen and oxygen atoms in total. The quantitative estimate of drug-likeness (QED) is 0.335. The van der Waals surface area contributed by atoms with E-state index in [1.807, 2.05) is 17.5 Å². The Balaban J connectivity index is 1.53. The molecule has 0 fully saturated rings. The van der Waals surface area contributed by atoms with Gasteiger partial charge in [0.05, 0.1) is 34.5 Å². The predicted molar refractivity (Wildman–Crippen MR) is 121 cm³/mol. The monoisotopic (exact) mass is 482 g/mol. The van der Waals surface area contributed by atoms with Crippen LogP contribution in [0.25, 0.3) is 0 Å². The zero-order valence-electron chi connectivity index (χ0n) is 15.4. The van der Waals surface area contributed by atoms with Crippen LogP contribution in [0.3, 0.4) is 0 Å². The summed E-state index contributed by atoms with van der Waals surface area (Å²) in [6, 6.07) is 9.86. The molecular formula is C19H16Cl2N4O3S2. The van der Waals surface area contributed by atoms with Gasteiger partial charge in [-0.05, 0) is 29.6 Å². The predicted octanol–water partition coefficient (Wildman–Crippen LogP) is 3.73. The van der Waals surface area contributed by atoms with E-state index in [0.29, 0.717) is 28.0 Å². The summed E-state index contributed by atoms with van der Waals surface area (Å²) in [6.45, 7) is 0.427. The number of aromatic amines is 1. The highest BCUT2D eigenvalue weighted by molar-refractivity contribution is 7.99. The summed E-state index contributed by atoms with van der Waals surface area (Å²) in [6.07, 6.45) is -0.0294. The zero-order chi connectivity index (χ0) is 21.5. The highest BCUT2D eigenvalue weighted by Gasteiger charge is 2.10. The van der Waals surface area contributed by atoms with Gasteiger partial charge in [-0.2, -0.15) is 0 Å². The molecule has 30 heavy (non-hydrogen) atoms. The molecule has 0 aliphatic heterocycles. The summed E-state index contributed by atoms with van der Waals surface area (Å²) < 4.78 is 0. The number of thiophene rings is 1. The number of hydrogen-bond donors (Lipinski definition) is 3. The van der Waals surface area contributed by atoms with Crippen molar-refractivity contribution < 1.29 is 9.59 Å². The van der Waals surface area contributed by atoms with E-state index >= 15 is 0 Å². The van der Waals surface area contributed by atoms with E-state index in [0.717, 1.165) is 16.6 Å². The molecule has 0 unspecified atom stereocenters. The summed E-state index contributed by atoms with van der Waals surface area (Å²) in [5, 5.41) is 8.38. The molecule has 3 aromatic rings. The van der Waals surface area contributed by atoms with Gasteiger partial charge in [-0.3, -0.25) is 14.4 Å². The third-order valence-electron chi connectivity index (χ3n) is 3.70. The Morgan fingerprint density at radius 2 is 1.97 bits per heavy atom. The number of aromatic nitrogens is 2. The molecule has 2 aromatic heterocycles. The number of hydrogen-bond acceptors (Lipinski definition) is 6. The zero-order valence-corrected chi connectivity index (χ0v) is 18.6. The largest absolute Gasteiger partial charge is 0.351 e. The lowest BCUT2D eigenvalue weighted by Crippen LogP contribution is -2.25. The number of rotatable bonds is 8. The van der Waals surface area contributed by atoms with Crippen molar-refractivity contribution >= 4 is 63.8 Å². The highest BCUT2D eigenvalue weighted by Crippen LogP contribution is 2.25. The van der Waals surface area contributed by atoms with E-state index in [1.165, 1.54) is 6.07 Å². The van der Waals surface area contributed by atoms with Crippen molar-refractivity contribution in [1.82, 2.24) is 15.3 Å². The Morgan fingerprint density at radius 3 is 2.70 bits per heavy atom. The average molecular weight is 483 g/mol. The van der Waals surface area contributed by atoms with Crippen molar-refractivity contribution in [2.75, 3.05) is 11.1 Å². The van der Waals surface area contributed by atoms with Crippen LogP contribution < -0.4 is 16.2 Å². The van der Waals surface area contributed by atoms with Gasteiger partial charge in [0.2, 0.25) is 11.8 Å². The minimum Gasteiger partial charge on any atom is -0.351 e. The van der Waals surface area contributed by atoms with Crippen LogP contribution in [-0.4, -0.2) is 27.5 Å². The van der Waals surface area contributed by atoms with Crippen molar-refractivity contribution in [3.05, 3.63) is 72.7 Å². The van der Waals surface area contributed by atoms with Gasteiger partial charge in [0, 0.05) is 16.6 Å². The highest BCUT2D eigenvalue weighted by atomic mass is 35.5. The lowest BCUT2D eigenvalue weighted by atomic mass is 10.3. The fourth-order valence-corrected chi connectivity index (χ4v) is 4.01. The van der Waals surface area contributed by atoms with E-state index in [1.54, 1.807) is 29.5 Å². The van der Waals surface area contributed by atoms with E-state index in [4.69, 9.17) is 23.2 Å². The molecule has 1 aromatic carbocycles. The molecule has 0 atom stereocenters. The molecule has 3 N–H and O–H groups in total. The van der Waals surface area contributed by atoms with Crippen LogP contribution in [0.2, 0.25) is 10.0 Å². The minimum atomic E-state index is -0.390. The smallest absolute Gasteiger partial charge is 0.251 e. The molecule has 0 aliphatic carbocycles. The molecule has 156 valence electrons. The first-order chi connectivity index (χ1) is 14.4. The number of carbonyl (C=O) groups is 2. The first kappa shape index (κ1) is 22.4. The molecule has 0 spiro atoms. The van der Waals surface area contributed by atoms with E-state index in [-0.39, 0.29) is 29.1 Å². The number of benzene rings is 1. The van der Waals surface area contributed by atoms with Crippen molar-refractivity contribution in [3.8, 4) is 0 Å². The van der Waals surface area contributed by atoms with Crippen LogP contribution in [0.15, 0.2) is 51.7 Å². The van der Waals surface area contributed by atoms with E-state index in [9.17, 15) is 14.4 Å². The van der Waals surface area contributed by atoms with Gasteiger partial charge in [-0.15, -0.1) is 11.3 Å². The number of nitrogens with zero attached hydrogens (tertiary/aromatic N) is 1. The fourth-order valence-electron chi connectivity index (χ4n) is 2.37. The molecule has 2 amide bonds. The Kier molecular flexibility index (Phi) is 7.92. The van der Waals surface area contributed by atoms with Crippen LogP contribution in [0, 0.1) is 0 Å². The van der Waals surface area contributed by atoms with Crippen molar-refractivity contribution in [2.45, 2.75) is 18.1 Å². The van der Waals surface area contributed by atoms with Crippen molar-refractivity contribution in [1.29, 1.82) is 0 Å². The second-order valence-electron chi connectivity index (χ2n) is 6.04. The van der Waals surface area contributed by atoms with Gasteiger partial charge < -0.3 is 15.6 Å². The van der Waals surface area contributed by atoms with Gasteiger partial charge in [-0.25, -0.2) is 4.98 Å². The molecule has 2 heterocycles. The molecule has 0 aliphatic rings. The number of amides is 2. The lowest BCUT2D eigenvalue weighted by molar-refractivity contribution is -0.120. The number of halogens is 2. The van der Waals surface area contributed by atoms with Crippen LogP contribution >= 0.6 is 46.3 Å². The summed E-state index contributed by atoms with van der Waals surface area (Å²) in [4.78, 5) is 44.0. The standard InChI is InChI=1S/C19H16Cl2N4O3S2/c20-14-4-3-11(6-15(14)21)23-18(28)10-30-19-24-12(8-17(27)25-19)7-16(26)22-9-13-2-1-5-29-13/h1-6,8H,7,9-10H2,(H,22,26)(H,23,28)(H,24,25,27). The second kappa shape index (κ2) is 10.6. The Hall–Kier alpha value is -2.33. The number of thioether (sulfide) groups is 1. The SMILES string of the molecule is O=C(Cc1cc(=O)[nH]c(SCC(=O)Nc2ccc(Cl)c(Cl)c2)n1)NCc1cccs1. The Bertz CT molecular complexity index is 1100. The maximum absolute atomic E-state index is 12.1. The molecule has 0 bridgehead atoms. The van der Waals surface area contributed by atoms with Crippen LogP contribution in [0.1, 0.15) is 10.6 Å². The van der Waals surface area contributed by atoms with Gasteiger partial charge >= 0.3 is 0 Å². The van der Waals surface area contributed by atoms with E-state index < -0.39 is 5.56 Å². The van der Waals surface area contributed by atoms with Gasteiger partial charge in [0.25, 0.3) is 5.56 Å². The minimum absolute atomic E-state index is 0.0111. The summed E-state index contributed by atoms with van der Waals surface area (Å²) in [5.74, 6) is -0.535. The number of H-pyrrole nitrogens is 1. The molecular weight excluding hydrogens is 467 g/mol. The number of carbonyl (C=O) groups excluding carboxylic acids is 2. The summed E-state index contributed by atoms with van der Waals surface area (Å²) in [5.41, 5.74) is 0.445. The third kappa shape index (κ3) is 6.88. The first-order valence-corrected chi connectivity index (χ1v) is 11.3. The Morgan fingerprint density at radius 1 is 1.13 bits per heavy atom. The third-order valence-corrected chi connectivity index (χ3v) is 6.19. The Labute approximate surface area is 190 Å². The summed E-state index contributed by atoms with van der Waals surface area (Å²) in [7, 11) is 0. The van der Waals surface area contributed by atoms with Crippen LogP contribution in [0.4, 0.5) is 5.69 Å². The van der Waals surface area contributed by atoms with Crippen molar-refractivity contribution in [2.24, 2.45) is 0 Å². The number of anilines is 1. The van der Waals surface area contributed by atoms with Crippen LogP contribution in [0.5, 0.6) is 0 Å². The normalized spacial score (nSPS) is 10.6. The van der Waals surface area contributed by atoms with Gasteiger partial charge in [-0.1, -0.05) is 41.0 Å². The maximum Gasteiger partial charge on any atom is 0.251 e. The molecule has 0 saturated carbocycles. The second-order valence-corrected chi connectivity index (χ2v) is 8.85. The fraction of sp³-hybridized carbons (Fsp3) is 0.158. The molecule has 3 rings (SSSR count). The van der Waals surface area contributed by atoms with Crippen molar-refractivity contribution in [3.63, 3.8) is 0 Å². The first-order valence-electron chi connectivity index (χ1n) is 8.66. The van der Waals surface area contributed by atoms with Crippen LogP contribution in [-0.2, 0) is 22.6 Å².